The molecule has 0 bridgehead atoms. The number of hydrogen-bond acceptors (Lipinski definition) is 3. The van der Waals surface area contributed by atoms with Crippen LogP contribution in [-0.4, -0.2) is 62.5 Å². The van der Waals surface area contributed by atoms with E-state index in [0.29, 0.717) is 18.3 Å². The minimum absolute atomic E-state index is 0. The van der Waals surface area contributed by atoms with Crippen LogP contribution in [0.25, 0.3) is 0 Å². The Balaban J connectivity index is 0.00000242. The maximum atomic E-state index is 6.05. The molecule has 3 unspecified atom stereocenters. The van der Waals surface area contributed by atoms with Crippen LogP contribution in [0.5, 0.6) is 0 Å². The standard InChI is InChI=1S/C16H31N3O2.BrH/c1-4-13-11-19(12-14(5-2)21-13)16(17-3)18-9-8-15-7-6-10-20-15;/h13-15H,4-12H2,1-3H3,(H,17,18);1H. The molecule has 0 spiro atoms. The molecule has 0 saturated carbocycles. The Hall–Kier alpha value is -0.330. The highest BCUT2D eigenvalue weighted by molar-refractivity contribution is 8.93. The van der Waals surface area contributed by atoms with Crippen LogP contribution in [0.4, 0.5) is 0 Å². The molecule has 2 aliphatic heterocycles. The number of halogens is 1. The minimum Gasteiger partial charge on any atom is -0.378 e. The molecule has 0 aliphatic carbocycles. The van der Waals surface area contributed by atoms with E-state index in [1.54, 1.807) is 0 Å². The average Bonchev–Trinajstić information content (AvgIpc) is 3.04. The van der Waals surface area contributed by atoms with Gasteiger partial charge in [-0.3, -0.25) is 4.99 Å². The van der Waals surface area contributed by atoms with Crippen LogP contribution in [0.15, 0.2) is 4.99 Å². The van der Waals surface area contributed by atoms with E-state index in [0.717, 1.165) is 51.5 Å². The maximum absolute atomic E-state index is 6.05. The van der Waals surface area contributed by atoms with E-state index >= 15 is 0 Å². The van der Waals surface area contributed by atoms with Gasteiger partial charge in [-0.05, 0) is 32.1 Å². The molecule has 2 aliphatic rings. The van der Waals surface area contributed by atoms with E-state index in [1.165, 1.54) is 12.8 Å². The maximum Gasteiger partial charge on any atom is 0.193 e. The molecule has 2 heterocycles. The van der Waals surface area contributed by atoms with Gasteiger partial charge >= 0.3 is 0 Å². The van der Waals surface area contributed by atoms with Crippen LogP contribution in [0.2, 0.25) is 0 Å². The normalized spacial score (nSPS) is 29.3. The Labute approximate surface area is 145 Å². The van der Waals surface area contributed by atoms with Crippen LogP contribution >= 0.6 is 17.0 Å². The van der Waals surface area contributed by atoms with Crippen molar-refractivity contribution in [1.82, 2.24) is 10.2 Å². The van der Waals surface area contributed by atoms with Crippen molar-refractivity contribution in [2.24, 2.45) is 4.99 Å². The summed E-state index contributed by atoms with van der Waals surface area (Å²) < 4.78 is 11.7. The van der Waals surface area contributed by atoms with Gasteiger partial charge in [0.15, 0.2) is 5.96 Å². The molecule has 6 heteroatoms. The third-order valence-electron chi connectivity index (χ3n) is 4.43. The van der Waals surface area contributed by atoms with Crippen LogP contribution in [0.1, 0.15) is 46.0 Å². The van der Waals surface area contributed by atoms with Crippen LogP contribution in [-0.2, 0) is 9.47 Å². The topological polar surface area (TPSA) is 46.1 Å². The number of morpholine rings is 1. The second-order valence-electron chi connectivity index (χ2n) is 6.00. The van der Waals surface area contributed by atoms with E-state index < -0.39 is 0 Å². The summed E-state index contributed by atoms with van der Waals surface area (Å²) in [4.78, 5) is 6.80. The lowest BCUT2D eigenvalue weighted by atomic mass is 10.1. The van der Waals surface area contributed by atoms with Crippen molar-refractivity contribution in [3.63, 3.8) is 0 Å². The number of ether oxygens (including phenoxy) is 2. The van der Waals surface area contributed by atoms with Crippen molar-refractivity contribution >= 4 is 22.9 Å². The van der Waals surface area contributed by atoms with E-state index in [1.807, 2.05) is 7.05 Å². The first-order valence-electron chi connectivity index (χ1n) is 8.49. The second kappa shape index (κ2) is 10.4. The van der Waals surface area contributed by atoms with Crippen molar-refractivity contribution < 1.29 is 9.47 Å². The lowest BCUT2D eigenvalue weighted by Crippen LogP contribution is -2.53. The average molecular weight is 378 g/mol. The van der Waals surface area contributed by atoms with Crippen molar-refractivity contribution in [2.45, 2.75) is 64.3 Å². The third-order valence-corrected chi connectivity index (χ3v) is 4.43. The van der Waals surface area contributed by atoms with Crippen molar-refractivity contribution in [1.29, 1.82) is 0 Å². The lowest BCUT2D eigenvalue weighted by molar-refractivity contribution is -0.0695. The molecule has 22 heavy (non-hydrogen) atoms. The number of nitrogens with one attached hydrogen (secondary N) is 1. The van der Waals surface area contributed by atoms with Gasteiger partial charge in [-0.25, -0.2) is 0 Å². The van der Waals surface area contributed by atoms with Gasteiger partial charge in [-0.1, -0.05) is 13.8 Å². The SMILES string of the molecule is Br.CCC1CN(C(=NC)NCCC2CCCO2)CC(CC)O1. The number of guanidine groups is 1. The zero-order valence-corrected chi connectivity index (χ0v) is 15.9. The van der Waals surface area contributed by atoms with Gasteiger partial charge < -0.3 is 19.7 Å². The predicted octanol–water partition coefficient (Wildman–Crippen LogP) is 2.60. The summed E-state index contributed by atoms with van der Waals surface area (Å²) in [6.45, 7) is 8.11. The molecule has 0 aromatic carbocycles. The number of hydrogen-bond donors (Lipinski definition) is 1. The molecule has 0 amide bonds. The summed E-state index contributed by atoms with van der Waals surface area (Å²) in [5, 5.41) is 3.50. The fourth-order valence-corrected chi connectivity index (χ4v) is 3.10. The van der Waals surface area contributed by atoms with E-state index in [-0.39, 0.29) is 17.0 Å². The summed E-state index contributed by atoms with van der Waals surface area (Å²) in [6, 6.07) is 0. The molecule has 2 fully saturated rings. The van der Waals surface area contributed by atoms with Gasteiger partial charge in [0.2, 0.25) is 0 Å². The van der Waals surface area contributed by atoms with Crippen LogP contribution in [0, 0.1) is 0 Å². The molecule has 2 saturated heterocycles. The molecule has 3 atom stereocenters. The first-order valence-corrected chi connectivity index (χ1v) is 8.49. The van der Waals surface area contributed by atoms with Crippen LogP contribution in [0.3, 0.4) is 0 Å². The summed E-state index contributed by atoms with van der Waals surface area (Å²) in [5.74, 6) is 1.01. The zero-order valence-electron chi connectivity index (χ0n) is 14.2. The quantitative estimate of drug-likeness (QED) is 0.590. The fourth-order valence-electron chi connectivity index (χ4n) is 3.10. The van der Waals surface area contributed by atoms with Gasteiger partial charge in [-0.2, -0.15) is 0 Å². The minimum atomic E-state index is 0. The van der Waals surface area contributed by atoms with Crippen molar-refractivity contribution in [3.05, 3.63) is 0 Å². The monoisotopic (exact) mass is 377 g/mol. The molecule has 130 valence electrons. The van der Waals surface area contributed by atoms with Gasteiger partial charge in [0.1, 0.15) is 0 Å². The number of nitrogens with zero attached hydrogens (tertiary/aromatic N) is 2. The summed E-state index contributed by atoms with van der Waals surface area (Å²) >= 11 is 0. The highest BCUT2D eigenvalue weighted by Gasteiger charge is 2.27. The van der Waals surface area contributed by atoms with E-state index in [9.17, 15) is 0 Å². The molecule has 5 nitrogen and oxygen atoms in total. The highest BCUT2D eigenvalue weighted by atomic mass is 79.9. The first-order chi connectivity index (χ1) is 10.3. The van der Waals surface area contributed by atoms with Gasteiger partial charge in [0, 0.05) is 33.3 Å². The number of rotatable bonds is 5. The molecule has 1 N–H and O–H groups in total. The second-order valence-corrected chi connectivity index (χ2v) is 6.00. The van der Waals surface area contributed by atoms with Gasteiger partial charge in [0.05, 0.1) is 18.3 Å². The Morgan fingerprint density at radius 3 is 2.36 bits per heavy atom. The van der Waals surface area contributed by atoms with Crippen molar-refractivity contribution in [3.8, 4) is 0 Å². The van der Waals surface area contributed by atoms with Gasteiger partial charge in [0.25, 0.3) is 0 Å². The fraction of sp³-hybridized carbons (Fsp3) is 0.938. The predicted molar refractivity (Wildman–Crippen MR) is 96.1 cm³/mol. The largest absolute Gasteiger partial charge is 0.378 e. The third kappa shape index (κ3) is 5.70. The number of aliphatic imine (C=N–C) groups is 1. The van der Waals surface area contributed by atoms with E-state index in [2.05, 4.69) is 29.1 Å². The van der Waals surface area contributed by atoms with Crippen LogP contribution < -0.4 is 5.32 Å². The van der Waals surface area contributed by atoms with Crippen molar-refractivity contribution in [2.75, 3.05) is 33.3 Å². The Morgan fingerprint density at radius 2 is 1.86 bits per heavy atom. The zero-order chi connectivity index (χ0) is 15.1. The molecule has 0 aromatic heterocycles. The summed E-state index contributed by atoms with van der Waals surface area (Å²) in [7, 11) is 1.87. The Kier molecular flexibility index (Phi) is 9.36. The van der Waals surface area contributed by atoms with Gasteiger partial charge in [-0.15, -0.1) is 17.0 Å². The summed E-state index contributed by atoms with van der Waals surface area (Å²) in [6.07, 6.45) is 6.66. The first kappa shape index (κ1) is 19.7. The Morgan fingerprint density at radius 1 is 1.18 bits per heavy atom. The molecular formula is C16H32BrN3O2. The Bertz CT molecular complexity index is 323. The highest BCUT2D eigenvalue weighted by Crippen LogP contribution is 2.17. The smallest absolute Gasteiger partial charge is 0.193 e. The molecule has 2 rings (SSSR count). The molecule has 0 aromatic rings. The van der Waals surface area contributed by atoms with E-state index in [4.69, 9.17) is 9.47 Å². The lowest BCUT2D eigenvalue weighted by Gasteiger charge is -2.39. The molecule has 0 radical (unpaired) electrons. The molecular weight excluding hydrogens is 346 g/mol. The summed E-state index contributed by atoms with van der Waals surface area (Å²) in [5.41, 5.74) is 0.